The van der Waals surface area contributed by atoms with Crippen LogP contribution in [0.2, 0.25) is 0 Å². The zero-order chi connectivity index (χ0) is 13.7. The van der Waals surface area contributed by atoms with Crippen molar-refractivity contribution in [2.24, 2.45) is 0 Å². The molecular weight excluding hydrogens is 242 g/mol. The molecule has 19 heavy (non-hydrogen) atoms. The van der Waals surface area contributed by atoms with Crippen LogP contribution in [0, 0.1) is 0 Å². The number of anilines is 1. The van der Waals surface area contributed by atoms with Gasteiger partial charge in [-0.05, 0) is 31.4 Å². The van der Waals surface area contributed by atoms with E-state index in [2.05, 4.69) is 17.2 Å². The van der Waals surface area contributed by atoms with Crippen LogP contribution in [0.1, 0.15) is 36.7 Å². The smallest absolute Gasteiger partial charge is 0.272 e. The van der Waals surface area contributed by atoms with E-state index in [1.165, 1.54) is 0 Å². The Hall–Kier alpha value is -1.62. The van der Waals surface area contributed by atoms with E-state index >= 15 is 0 Å². The second-order valence-electron chi connectivity index (χ2n) is 4.88. The lowest BCUT2D eigenvalue weighted by atomic mass is 10.1. The minimum atomic E-state index is -0.266. The molecule has 0 atom stereocenters. The van der Waals surface area contributed by atoms with Crippen LogP contribution in [-0.4, -0.2) is 46.6 Å². The molecule has 0 saturated carbocycles. The van der Waals surface area contributed by atoms with Crippen LogP contribution in [0.4, 0.5) is 5.69 Å². The summed E-state index contributed by atoms with van der Waals surface area (Å²) in [5.74, 6) is -0.0473. The number of carbonyl (C=O) groups is 1. The van der Waals surface area contributed by atoms with E-state index in [-0.39, 0.29) is 12.0 Å². The maximum Gasteiger partial charge on any atom is 0.272 e. The molecule has 5 heteroatoms. The number of likely N-dealkylation sites (tertiary alicyclic amines) is 1. The molecular formula is C14H21N3O2. The summed E-state index contributed by atoms with van der Waals surface area (Å²) in [5, 5.41) is 12.7. The monoisotopic (exact) mass is 263 g/mol. The molecule has 1 fully saturated rings. The number of carbonyl (C=O) groups excluding carboxylic acids is 1. The Morgan fingerprint density at radius 3 is 2.79 bits per heavy atom. The van der Waals surface area contributed by atoms with Crippen molar-refractivity contribution in [2.75, 3.05) is 25.0 Å². The molecule has 5 nitrogen and oxygen atoms in total. The molecule has 1 saturated heterocycles. The summed E-state index contributed by atoms with van der Waals surface area (Å²) in [4.78, 5) is 18.2. The van der Waals surface area contributed by atoms with E-state index in [9.17, 15) is 9.90 Å². The largest absolute Gasteiger partial charge is 0.393 e. The molecule has 0 aromatic carbocycles. The van der Waals surface area contributed by atoms with Gasteiger partial charge in [0.05, 0.1) is 18.0 Å². The van der Waals surface area contributed by atoms with E-state index in [1.807, 2.05) is 6.07 Å². The number of nitrogens with zero attached hydrogens (tertiary/aromatic N) is 2. The minimum Gasteiger partial charge on any atom is -0.393 e. The third-order valence-corrected chi connectivity index (χ3v) is 3.31. The first-order valence-electron chi connectivity index (χ1n) is 6.88. The summed E-state index contributed by atoms with van der Waals surface area (Å²) in [6, 6.07) is 3.64. The number of pyridine rings is 1. The molecule has 0 bridgehead atoms. The van der Waals surface area contributed by atoms with Crippen LogP contribution in [0.25, 0.3) is 0 Å². The van der Waals surface area contributed by atoms with Gasteiger partial charge in [-0.1, -0.05) is 6.92 Å². The van der Waals surface area contributed by atoms with E-state index in [0.29, 0.717) is 31.6 Å². The van der Waals surface area contributed by atoms with E-state index in [1.54, 1.807) is 17.2 Å². The quantitative estimate of drug-likeness (QED) is 0.864. The lowest BCUT2D eigenvalue weighted by Gasteiger charge is -2.29. The van der Waals surface area contributed by atoms with Gasteiger partial charge in [-0.25, -0.2) is 4.98 Å². The van der Waals surface area contributed by atoms with Gasteiger partial charge in [-0.3, -0.25) is 4.79 Å². The molecule has 2 heterocycles. The third kappa shape index (κ3) is 3.67. The number of amides is 1. The normalized spacial score (nSPS) is 16.4. The van der Waals surface area contributed by atoms with Crippen LogP contribution in [0.5, 0.6) is 0 Å². The van der Waals surface area contributed by atoms with Gasteiger partial charge < -0.3 is 15.3 Å². The fourth-order valence-electron chi connectivity index (χ4n) is 2.13. The number of aromatic nitrogens is 1. The van der Waals surface area contributed by atoms with E-state index < -0.39 is 0 Å². The Kier molecular flexibility index (Phi) is 4.74. The van der Waals surface area contributed by atoms with Crippen LogP contribution in [0.15, 0.2) is 18.3 Å². The van der Waals surface area contributed by atoms with Crippen molar-refractivity contribution in [1.82, 2.24) is 9.88 Å². The van der Waals surface area contributed by atoms with Crippen molar-refractivity contribution in [1.29, 1.82) is 0 Å². The number of rotatable bonds is 4. The SMILES string of the molecule is CCCNc1ccc(C(=O)N2CCC(O)CC2)nc1. The lowest BCUT2D eigenvalue weighted by Crippen LogP contribution is -2.40. The highest BCUT2D eigenvalue weighted by Gasteiger charge is 2.22. The van der Waals surface area contributed by atoms with Crippen molar-refractivity contribution >= 4 is 11.6 Å². The Morgan fingerprint density at radius 2 is 2.21 bits per heavy atom. The first kappa shape index (κ1) is 13.8. The second kappa shape index (κ2) is 6.52. The van der Waals surface area contributed by atoms with Crippen LogP contribution in [0.3, 0.4) is 0 Å². The number of aliphatic hydroxyl groups is 1. The maximum absolute atomic E-state index is 12.2. The number of piperidine rings is 1. The van der Waals surface area contributed by atoms with E-state index in [4.69, 9.17) is 0 Å². The fraction of sp³-hybridized carbons (Fsp3) is 0.571. The Bertz CT molecular complexity index is 411. The van der Waals surface area contributed by atoms with Gasteiger partial charge >= 0.3 is 0 Å². The van der Waals surface area contributed by atoms with Gasteiger partial charge in [0, 0.05) is 19.6 Å². The zero-order valence-electron chi connectivity index (χ0n) is 11.3. The van der Waals surface area contributed by atoms with Crippen molar-refractivity contribution in [2.45, 2.75) is 32.3 Å². The van der Waals surface area contributed by atoms with Crippen molar-refractivity contribution in [3.05, 3.63) is 24.0 Å². The fourth-order valence-corrected chi connectivity index (χ4v) is 2.13. The van der Waals surface area contributed by atoms with Crippen molar-refractivity contribution in [3.63, 3.8) is 0 Å². The Labute approximate surface area is 113 Å². The number of nitrogens with one attached hydrogen (secondary N) is 1. The topological polar surface area (TPSA) is 65.5 Å². The standard InChI is InChI=1S/C14H21N3O2/c1-2-7-15-11-3-4-13(16-10-11)14(19)17-8-5-12(18)6-9-17/h3-4,10,12,15,18H,2,5-9H2,1H3. The molecule has 1 aromatic rings. The minimum absolute atomic E-state index is 0.0473. The van der Waals surface area contributed by atoms with Crippen LogP contribution < -0.4 is 5.32 Å². The highest BCUT2D eigenvalue weighted by Crippen LogP contribution is 2.14. The molecule has 104 valence electrons. The third-order valence-electron chi connectivity index (χ3n) is 3.31. The van der Waals surface area contributed by atoms with Crippen molar-refractivity contribution in [3.8, 4) is 0 Å². The number of aliphatic hydroxyl groups excluding tert-OH is 1. The van der Waals surface area contributed by atoms with Gasteiger partial charge in [0.1, 0.15) is 5.69 Å². The van der Waals surface area contributed by atoms with Gasteiger partial charge in [-0.15, -0.1) is 0 Å². The molecule has 2 N–H and O–H groups in total. The molecule has 2 rings (SSSR count). The molecule has 0 spiro atoms. The summed E-state index contributed by atoms with van der Waals surface area (Å²) in [6.45, 7) is 4.22. The summed E-state index contributed by atoms with van der Waals surface area (Å²) < 4.78 is 0. The summed E-state index contributed by atoms with van der Waals surface area (Å²) in [7, 11) is 0. The first-order valence-corrected chi connectivity index (χ1v) is 6.88. The number of hydrogen-bond donors (Lipinski definition) is 2. The van der Waals surface area contributed by atoms with Crippen LogP contribution >= 0.6 is 0 Å². The van der Waals surface area contributed by atoms with Gasteiger partial charge in [0.2, 0.25) is 0 Å². The highest BCUT2D eigenvalue weighted by atomic mass is 16.3. The van der Waals surface area contributed by atoms with Gasteiger partial charge in [0.15, 0.2) is 0 Å². The maximum atomic E-state index is 12.2. The molecule has 1 aliphatic heterocycles. The predicted molar refractivity (Wildman–Crippen MR) is 74.2 cm³/mol. The molecule has 1 amide bonds. The highest BCUT2D eigenvalue weighted by molar-refractivity contribution is 5.92. The number of hydrogen-bond acceptors (Lipinski definition) is 4. The summed E-state index contributed by atoms with van der Waals surface area (Å²) in [6.07, 6.45) is 3.79. The first-order chi connectivity index (χ1) is 9.20. The van der Waals surface area contributed by atoms with E-state index in [0.717, 1.165) is 18.7 Å². The predicted octanol–water partition coefficient (Wildman–Crippen LogP) is 1.50. The average molecular weight is 263 g/mol. The van der Waals surface area contributed by atoms with Gasteiger partial charge in [-0.2, -0.15) is 0 Å². The van der Waals surface area contributed by atoms with Gasteiger partial charge in [0.25, 0.3) is 5.91 Å². The second-order valence-corrected chi connectivity index (χ2v) is 4.88. The Balaban J connectivity index is 1.95. The van der Waals surface area contributed by atoms with Crippen molar-refractivity contribution < 1.29 is 9.90 Å². The average Bonchev–Trinajstić information content (AvgIpc) is 2.46. The molecule has 1 aromatic heterocycles. The molecule has 0 radical (unpaired) electrons. The molecule has 1 aliphatic rings. The summed E-state index contributed by atoms with van der Waals surface area (Å²) >= 11 is 0. The molecule has 0 unspecified atom stereocenters. The lowest BCUT2D eigenvalue weighted by molar-refractivity contribution is 0.0541. The molecule has 0 aliphatic carbocycles. The Morgan fingerprint density at radius 1 is 1.47 bits per heavy atom. The summed E-state index contributed by atoms with van der Waals surface area (Å²) in [5.41, 5.74) is 1.41. The zero-order valence-corrected chi connectivity index (χ0v) is 11.3. The van der Waals surface area contributed by atoms with Crippen LogP contribution in [-0.2, 0) is 0 Å².